The summed E-state index contributed by atoms with van der Waals surface area (Å²) < 4.78 is 1.27. The SMILES string of the molecule is O=C(CCCCCn1c(=O)[nH]c2ccccc2c1=O)N1CCC(Cc2ccccc2)CC1. The standard InChI is InChI=1S/C26H31N3O3/c30-24(28-17-14-21(15-18-28)19-20-9-3-1-4-10-20)13-5-2-8-16-29-25(31)22-11-6-7-12-23(22)27-26(29)32/h1,3-4,6-7,9-12,21H,2,5,8,13-19H2,(H,27,32). The Morgan fingerprint density at radius 3 is 2.41 bits per heavy atom. The first-order valence-electron chi connectivity index (χ1n) is 11.7. The lowest BCUT2D eigenvalue weighted by Gasteiger charge is -2.32. The normalized spacial score (nSPS) is 14.7. The van der Waals surface area contributed by atoms with Crippen LogP contribution >= 0.6 is 0 Å². The number of unbranched alkanes of at least 4 members (excludes halogenated alkanes) is 2. The van der Waals surface area contributed by atoms with Gasteiger partial charge in [-0.2, -0.15) is 0 Å². The van der Waals surface area contributed by atoms with Crippen LogP contribution < -0.4 is 11.2 Å². The number of para-hydroxylation sites is 1. The minimum atomic E-state index is -0.372. The molecule has 2 heterocycles. The molecule has 1 aromatic heterocycles. The third-order valence-corrected chi connectivity index (χ3v) is 6.50. The van der Waals surface area contributed by atoms with Gasteiger partial charge in [-0.05, 0) is 55.7 Å². The van der Waals surface area contributed by atoms with E-state index in [0.717, 1.165) is 45.2 Å². The smallest absolute Gasteiger partial charge is 0.328 e. The molecule has 4 rings (SSSR count). The number of hydrogen-bond acceptors (Lipinski definition) is 3. The molecule has 0 saturated carbocycles. The molecule has 0 unspecified atom stereocenters. The number of piperidine rings is 1. The number of carbonyl (C=O) groups is 1. The summed E-state index contributed by atoms with van der Waals surface area (Å²) in [6.07, 6.45) is 6.05. The second-order valence-corrected chi connectivity index (χ2v) is 8.76. The number of benzene rings is 2. The van der Waals surface area contributed by atoms with Crippen molar-refractivity contribution in [3.05, 3.63) is 81.0 Å². The van der Waals surface area contributed by atoms with Crippen LogP contribution in [-0.2, 0) is 17.8 Å². The van der Waals surface area contributed by atoms with Gasteiger partial charge in [0.1, 0.15) is 0 Å². The number of amides is 1. The third-order valence-electron chi connectivity index (χ3n) is 6.50. The molecule has 0 radical (unpaired) electrons. The van der Waals surface area contributed by atoms with Gasteiger partial charge in [0.2, 0.25) is 5.91 Å². The fraction of sp³-hybridized carbons (Fsp3) is 0.423. The topological polar surface area (TPSA) is 75.2 Å². The minimum absolute atomic E-state index is 0.226. The first-order valence-corrected chi connectivity index (χ1v) is 11.7. The molecule has 6 nitrogen and oxygen atoms in total. The second kappa shape index (κ2) is 10.4. The molecule has 1 amide bonds. The van der Waals surface area contributed by atoms with E-state index in [1.54, 1.807) is 24.3 Å². The Morgan fingerprint density at radius 2 is 1.62 bits per heavy atom. The maximum atomic E-state index is 12.6. The van der Waals surface area contributed by atoms with Gasteiger partial charge in [-0.25, -0.2) is 4.79 Å². The van der Waals surface area contributed by atoms with Gasteiger partial charge in [-0.3, -0.25) is 14.2 Å². The average Bonchev–Trinajstić information content (AvgIpc) is 2.82. The van der Waals surface area contributed by atoms with Crippen LogP contribution in [0.3, 0.4) is 0 Å². The highest BCUT2D eigenvalue weighted by Gasteiger charge is 2.22. The lowest BCUT2D eigenvalue weighted by Crippen LogP contribution is -2.38. The highest BCUT2D eigenvalue weighted by Crippen LogP contribution is 2.22. The zero-order valence-electron chi connectivity index (χ0n) is 18.5. The van der Waals surface area contributed by atoms with E-state index in [9.17, 15) is 14.4 Å². The Kier molecular flexibility index (Phi) is 7.20. The molecule has 6 heteroatoms. The molecular formula is C26H31N3O3. The minimum Gasteiger partial charge on any atom is -0.343 e. The zero-order valence-corrected chi connectivity index (χ0v) is 18.5. The van der Waals surface area contributed by atoms with Crippen LogP contribution in [0.15, 0.2) is 64.2 Å². The van der Waals surface area contributed by atoms with Crippen LogP contribution in [0.2, 0.25) is 0 Å². The summed E-state index contributed by atoms with van der Waals surface area (Å²) in [5.74, 6) is 0.878. The number of rotatable bonds is 8. The predicted octanol–water partition coefficient (Wildman–Crippen LogP) is 3.73. The van der Waals surface area contributed by atoms with Gasteiger partial charge >= 0.3 is 5.69 Å². The summed E-state index contributed by atoms with van der Waals surface area (Å²) in [6, 6.07) is 17.6. The van der Waals surface area contributed by atoms with E-state index >= 15 is 0 Å². The highest BCUT2D eigenvalue weighted by atomic mass is 16.2. The zero-order chi connectivity index (χ0) is 22.3. The van der Waals surface area contributed by atoms with Crippen LogP contribution in [0.25, 0.3) is 10.9 Å². The maximum Gasteiger partial charge on any atom is 0.328 e. The molecule has 3 aromatic rings. The first-order chi connectivity index (χ1) is 15.6. The number of likely N-dealkylation sites (tertiary alicyclic amines) is 1. The van der Waals surface area contributed by atoms with Gasteiger partial charge in [-0.1, -0.05) is 48.9 Å². The lowest BCUT2D eigenvalue weighted by molar-refractivity contribution is -0.132. The van der Waals surface area contributed by atoms with E-state index in [2.05, 4.69) is 29.2 Å². The fourth-order valence-electron chi connectivity index (χ4n) is 4.62. The molecule has 1 aliphatic heterocycles. The largest absolute Gasteiger partial charge is 0.343 e. The van der Waals surface area contributed by atoms with Crippen molar-refractivity contribution in [2.75, 3.05) is 13.1 Å². The Morgan fingerprint density at radius 1 is 0.906 bits per heavy atom. The van der Waals surface area contributed by atoms with Crippen molar-refractivity contribution in [2.45, 2.75) is 51.5 Å². The van der Waals surface area contributed by atoms with Gasteiger partial charge in [-0.15, -0.1) is 0 Å². The highest BCUT2D eigenvalue weighted by molar-refractivity contribution is 5.77. The number of nitrogens with one attached hydrogen (secondary N) is 1. The second-order valence-electron chi connectivity index (χ2n) is 8.76. The van der Waals surface area contributed by atoms with Crippen molar-refractivity contribution in [2.24, 2.45) is 5.92 Å². The van der Waals surface area contributed by atoms with Gasteiger partial charge in [0, 0.05) is 26.1 Å². The number of fused-ring (bicyclic) bond motifs is 1. The van der Waals surface area contributed by atoms with Gasteiger partial charge in [0.25, 0.3) is 5.56 Å². The quantitative estimate of drug-likeness (QED) is 0.550. The first kappa shape index (κ1) is 22.1. The summed E-state index contributed by atoms with van der Waals surface area (Å²) in [4.78, 5) is 42.1. The predicted molar refractivity (Wildman–Crippen MR) is 127 cm³/mol. The molecule has 168 valence electrons. The molecule has 0 atom stereocenters. The molecule has 32 heavy (non-hydrogen) atoms. The Balaban J connectivity index is 1.18. The van der Waals surface area contributed by atoms with Crippen molar-refractivity contribution in [1.29, 1.82) is 0 Å². The molecular weight excluding hydrogens is 402 g/mol. The summed E-state index contributed by atoms with van der Waals surface area (Å²) in [6.45, 7) is 2.06. The molecule has 1 aliphatic rings. The molecule has 0 aliphatic carbocycles. The number of carbonyl (C=O) groups excluding carboxylic acids is 1. The summed E-state index contributed by atoms with van der Waals surface area (Å²) in [7, 11) is 0. The summed E-state index contributed by atoms with van der Waals surface area (Å²) in [5.41, 5.74) is 1.32. The van der Waals surface area contributed by atoms with E-state index < -0.39 is 0 Å². The molecule has 0 spiro atoms. The van der Waals surface area contributed by atoms with Crippen molar-refractivity contribution in [1.82, 2.24) is 14.5 Å². The monoisotopic (exact) mass is 433 g/mol. The molecule has 1 saturated heterocycles. The van der Waals surface area contributed by atoms with E-state index in [-0.39, 0.29) is 17.2 Å². The molecule has 2 aromatic carbocycles. The Hall–Kier alpha value is -3.15. The lowest BCUT2D eigenvalue weighted by atomic mass is 9.90. The van der Waals surface area contributed by atoms with E-state index in [0.29, 0.717) is 36.2 Å². The molecule has 1 fully saturated rings. The van der Waals surface area contributed by atoms with Crippen molar-refractivity contribution >= 4 is 16.8 Å². The third kappa shape index (κ3) is 5.36. The van der Waals surface area contributed by atoms with E-state index in [1.165, 1.54) is 10.1 Å². The van der Waals surface area contributed by atoms with Gasteiger partial charge in [0.15, 0.2) is 0 Å². The Labute approximate surface area is 187 Å². The van der Waals surface area contributed by atoms with Crippen LogP contribution in [0.1, 0.15) is 44.1 Å². The summed E-state index contributed by atoms with van der Waals surface area (Å²) >= 11 is 0. The van der Waals surface area contributed by atoms with E-state index in [4.69, 9.17) is 0 Å². The number of aromatic amines is 1. The Bertz CT molecular complexity index is 1160. The van der Waals surface area contributed by atoms with Crippen molar-refractivity contribution in [3.8, 4) is 0 Å². The van der Waals surface area contributed by atoms with Gasteiger partial charge in [0.05, 0.1) is 10.9 Å². The number of aromatic nitrogens is 2. The fourth-order valence-corrected chi connectivity index (χ4v) is 4.62. The number of hydrogen-bond donors (Lipinski definition) is 1. The maximum absolute atomic E-state index is 12.6. The van der Waals surface area contributed by atoms with Crippen LogP contribution in [-0.4, -0.2) is 33.4 Å². The van der Waals surface area contributed by atoms with Crippen molar-refractivity contribution < 1.29 is 4.79 Å². The van der Waals surface area contributed by atoms with Gasteiger partial charge < -0.3 is 9.88 Å². The van der Waals surface area contributed by atoms with Crippen LogP contribution in [0.4, 0.5) is 0 Å². The van der Waals surface area contributed by atoms with Crippen molar-refractivity contribution in [3.63, 3.8) is 0 Å². The summed E-state index contributed by atoms with van der Waals surface area (Å²) in [5, 5.41) is 0.526. The van der Waals surface area contributed by atoms with Crippen LogP contribution in [0, 0.1) is 5.92 Å². The van der Waals surface area contributed by atoms with Crippen LogP contribution in [0.5, 0.6) is 0 Å². The molecule has 0 bridgehead atoms. The number of nitrogens with zero attached hydrogens (tertiary/aromatic N) is 2. The number of H-pyrrole nitrogens is 1. The molecule has 1 N–H and O–H groups in total. The van der Waals surface area contributed by atoms with E-state index in [1.807, 2.05) is 11.0 Å². The average molecular weight is 434 g/mol.